The van der Waals surface area contributed by atoms with Gasteiger partial charge in [0.15, 0.2) is 0 Å². The first-order chi connectivity index (χ1) is 33.2. The van der Waals surface area contributed by atoms with Gasteiger partial charge < -0.3 is 18.9 Å². The number of nitrogens with zero attached hydrogens (tertiary/aromatic N) is 2. The lowest BCUT2D eigenvalue weighted by Crippen LogP contribution is -2.10. The molecule has 350 valence electrons. The van der Waals surface area contributed by atoms with Gasteiger partial charge in [-0.25, -0.2) is 0 Å². The van der Waals surface area contributed by atoms with Crippen molar-refractivity contribution in [2.45, 2.75) is 105 Å². The van der Waals surface area contributed by atoms with Crippen molar-refractivity contribution in [1.29, 1.82) is 0 Å². The van der Waals surface area contributed by atoms with Crippen molar-refractivity contribution in [3.63, 3.8) is 0 Å². The van der Waals surface area contributed by atoms with E-state index >= 15 is 0 Å². The fourth-order valence-electron chi connectivity index (χ4n) is 10.0. The van der Waals surface area contributed by atoms with Crippen molar-refractivity contribution in [2.24, 2.45) is 0 Å². The van der Waals surface area contributed by atoms with Gasteiger partial charge in [0.25, 0.3) is 0 Å². The Morgan fingerprint density at radius 2 is 0.457 bits per heavy atom. The van der Waals surface area contributed by atoms with E-state index in [0.29, 0.717) is 23.0 Å². The average molecular weight is 921 g/mol. The molecule has 0 aliphatic heterocycles. The molecule has 0 bridgehead atoms. The van der Waals surface area contributed by atoms with E-state index in [1.807, 2.05) is 24.8 Å². The van der Waals surface area contributed by atoms with Gasteiger partial charge in [0.05, 0.1) is 0 Å². The van der Waals surface area contributed by atoms with E-state index in [4.69, 9.17) is 28.9 Å². The largest absolute Gasteiger partial charge is 0.457 e. The maximum Gasteiger partial charge on any atom is 0.136 e. The zero-order valence-electron chi connectivity index (χ0n) is 42.4. The number of benzene rings is 9. The van der Waals surface area contributed by atoms with Gasteiger partial charge in [-0.2, -0.15) is 0 Å². The quantitative estimate of drug-likeness (QED) is 0.112. The van der Waals surface area contributed by atoms with Crippen LogP contribution in [-0.4, -0.2) is 9.97 Å². The maximum absolute atomic E-state index is 7.21. The van der Waals surface area contributed by atoms with Crippen LogP contribution in [-0.2, 0) is 21.7 Å². The van der Waals surface area contributed by atoms with E-state index in [9.17, 15) is 0 Å². The number of hydrogen-bond acceptors (Lipinski definition) is 6. The van der Waals surface area contributed by atoms with Gasteiger partial charge in [0.2, 0.25) is 0 Å². The monoisotopic (exact) mass is 920 g/mol. The van der Waals surface area contributed by atoms with Gasteiger partial charge in [0.1, 0.15) is 46.0 Å². The number of ether oxygens (including phenoxy) is 4. The molecule has 0 aliphatic rings. The van der Waals surface area contributed by atoms with Crippen LogP contribution in [0.5, 0.6) is 46.0 Å². The van der Waals surface area contributed by atoms with Crippen molar-refractivity contribution in [2.75, 3.05) is 0 Å². The summed E-state index contributed by atoms with van der Waals surface area (Å²) in [5.41, 5.74) is 4.80. The summed E-state index contributed by atoms with van der Waals surface area (Å²) < 4.78 is 28.8. The molecule has 2 heterocycles. The topological polar surface area (TPSA) is 62.7 Å². The molecular formula is C64H60N2O4. The summed E-state index contributed by atoms with van der Waals surface area (Å²) >= 11 is 0. The molecule has 11 aromatic rings. The van der Waals surface area contributed by atoms with Crippen molar-refractivity contribution < 1.29 is 18.9 Å². The Hall–Kier alpha value is -7.44. The van der Waals surface area contributed by atoms with E-state index < -0.39 is 0 Å². The predicted octanol–water partition coefficient (Wildman–Crippen LogP) is 18.6. The fourth-order valence-corrected chi connectivity index (χ4v) is 10.0. The van der Waals surface area contributed by atoms with Crippen LogP contribution in [0, 0.1) is 0 Å². The molecular weight excluding hydrogens is 861 g/mol. The van der Waals surface area contributed by atoms with Crippen LogP contribution in [0.2, 0.25) is 0 Å². The lowest BCUT2D eigenvalue weighted by atomic mass is 9.84. The third-order valence-corrected chi connectivity index (χ3v) is 13.9. The summed E-state index contributed by atoms with van der Waals surface area (Å²) in [4.78, 5) is 9.62. The van der Waals surface area contributed by atoms with Crippen molar-refractivity contribution in [1.82, 2.24) is 9.97 Å². The second kappa shape index (κ2) is 16.1. The van der Waals surface area contributed by atoms with Gasteiger partial charge >= 0.3 is 0 Å². The third-order valence-electron chi connectivity index (χ3n) is 13.9. The SMILES string of the molecule is CC(C)(C)c1ccc(Oc2cc3cncc4cc(Oc5ccc(C(C)(C)C)cc5)c5c6c(Oc7ccc(C(C)(C)C)cc7)cc7cncc8cc(Oc9ccc(C(C)(C)C)cc9)c(c2c5c34)c6c87)cc1. The highest BCUT2D eigenvalue weighted by Crippen LogP contribution is 2.57. The molecule has 9 aromatic carbocycles. The number of fused-ring (bicyclic) bond motifs is 2. The van der Waals surface area contributed by atoms with Crippen molar-refractivity contribution >= 4 is 64.6 Å². The summed E-state index contributed by atoms with van der Waals surface area (Å²) in [5, 5.41) is 11.3. The van der Waals surface area contributed by atoms with Gasteiger partial charge in [-0.1, -0.05) is 132 Å². The molecule has 6 nitrogen and oxygen atoms in total. The van der Waals surface area contributed by atoms with Crippen molar-refractivity contribution in [3.8, 4) is 46.0 Å². The standard InChI is InChI=1S/C64H60N2O4/c1-61(2,3)41-13-21-45(22-14-41)67-49-29-37-33-65-34-38-31-51(69-47-25-17-43(18-26-47)63(7,8)9)57-58-52(70-48-27-19-44(20-28-48)64(10,11)12)32-40-36-66-35-39-30-50(68-46-23-15-42(16-24-46)62(4,5)6)56(60(58)54(39)40)55(49)59(57)53(37)38/h13-36H,1-12H3. The van der Waals surface area contributed by atoms with Crippen LogP contribution in [0.25, 0.3) is 64.6 Å². The third kappa shape index (κ3) is 7.93. The highest BCUT2D eigenvalue weighted by Gasteiger charge is 2.30. The van der Waals surface area contributed by atoms with Crippen LogP contribution < -0.4 is 18.9 Å². The van der Waals surface area contributed by atoms with E-state index in [-0.39, 0.29) is 21.7 Å². The summed E-state index contributed by atoms with van der Waals surface area (Å²) in [6.07, 6.45) is 7.72. The zero-order valence-corrected chi connectivity index (χ0v) is 42.4. The van der Waals surface area contributed by atoms with E-state index in [0.717, 1.165) is 87.6 Å². The molecule has 0 unspecified atom stereocenters. The molecule has 0 spiro atoms. The van der Waals surface area contributed by atoms with Gasteiger partial charge in [-0.15, -0.1) is 0 Å². The van der Waals surface area contributed by atoms with Crippen LogP contribution in [0.3, 0.4) is 0 Å². The van der Waals surface area contributed by atoms with Crippen LogP contribution >= 0.6 is 0 Å². The molecule has 0 saturated carbocycles. The maximum atomic E-state index is 7.21. The summed E-state index contributed by atoms with van der Waals surface area (Å²) in [6, 6.07) is 42.4. The lowest BCUT2D eigenvalue weighted by molar-refractivity contribution is 0.482. The normalized spacial score (nSPS) is 12.9. The predicted molar refractivity (Wildman–Crippen MR) is 290 cm³/mol. The minimum atomic E-state index is -0.0226. The highest BCUT2D eigenvalue weighted by molar-refractivity contribution is 6.43. The Bertz CT molecular complexity index is 3270. The Morgan fingerprint density at radius 3 is 0.643 bits per heavy atom. The van der Waals surface area contributed by atoms with Crippen LogP contribution in [0.15, 0.2) is 146 Å². The number of hydrogen-bond donors (Lipinski definition) is 0. The molecule has 0 fully saturated rings. The Balaban J connectivity index is 1.29. The molecule has 11 rings (SSSR count). The van der Waals surface area contributed by atoms with E-state index in [2.05, 4.69) is 204 Å². The van der Waals surface area contributed by atoms with Gasteiger partial charge in [0, 0.05) is 89.4 Å². The van der Waals surface area contributed by atoms with E-state index in [1.54, 1.807) is 0 Å². The second-order valence-electron chi connectivity index (χ2n) is 23.2. The highest BCUT2D eigenvalue weighted by atomic mass is 16.5. The molecule has 2 aromatic heterocycles. The first kappa shape index (κ1) is 45.0. The Labute approximate surface area is 410 Å². The minimum absolute atomic E-state index is 0.0226. The van der Waals surface area contributed by atoms with Gasteiger partial charge in [-0.3, -0.25) is 9.97 Å². The number of rotatable bonds is 8. The fraction of sp³-hybridized carbons (Fsp3) is 0.250. The Kier molecular flexibility index (Phi) is 10.3. The average Bonchev–Trinajstić information content (AvgIpc) is 3.30. The van der Waals surface area contributed by atoms with Crippen LogP contribution in [0.4, 0.5) is 0 Å². The second-order valence-corrected chi connectivity index (χ2v) is 23.2. The first-order valence-corrected chi connectivity index (χ1v) is 24.4. The molecule has 0 radical (unpaired) electrons. The first-order valence-electron chi connectivity index (χ1n) is 24.4. The van der Waals surface area contributed by atoms with Crippen molar-refractivity contribution in [3.05, 3.63) is 168 Å². The smallest absolute Gasteiger partial charge is 0.136 e. The molecule has 0 aliphatic carbocycles. The Morgan fingerprint density at radius 1 is 0.257 bits per heavy atom. The summed E-state index contributed by atoms with van der Waals surface area (Å²) in [5.74, 6) is 5.58. The summed E-state index contributed by atoms with van der Waals surface area (Å²) in [7, 11) is 0. The molecule has 0 amide bonds. The molecule has 0 saturated heterocycles. The number of aromatic nitrogens is 2. The molecule has 6 heteroatoms. The molecule has 0 N–H and O–H groups in total. The van der Waals surface area contributed by atoms with Gasteiger partial charge in [-0.05, 0) is 117 Å². The van der Waals surface area contributed by atoms with E-state index in [1.165, 1.54) is 22.3 Å². The zero-order chi connectivity index (χ0) is 49.1. The molecule has 70 heavy (non-hydrogen) atoms. The number of pyridine rings is 2. The lowest BCUT2D eigenvalue weighted by Gasteiger charge is -2.25. The van der Waals surface area contributed by atoms with Crippen LogP contribution in [0.1, 0.15) is 105 Å². The molecule has 0 atom stereocenters. The summed E-state index contributed by atoms with van der Waals surface area (Å²) in [6.45, 7) is 26.7. The minimum Gasteiger partial charge on any atom is -0.457 e.